The quantitative estimate of drug-likeness (QED) is 0.878. The average Bonchev–Trinajstić information content (AvgIpc) is 2.51. The summed E-state index contributed by atoms with van der Waals surface area (Å²) < 4.78 is 1.84. The molecule has 5 nitrogen and oxygen atoms in total. The molecule has 0 atom stereocenters. The molecule has 1 aliphatic heterocycles. The van der Waals surface area contributed by atoms with Crippen LogP contribution in [0.25, 0.3) is 0 Å². The number of aliphatic carboxylic acids is 1. The third kappa shape index (κ3) is 2.56. The number of carboxylic acids is 1. The van der Waals surface area contributed by atoms with E-state index >= 15 is 0 Å². The number of nitrogens with zero attached hydrogens (tertiary/aromatic N) is 3. The molecular formula is C13H21N3O2. The van der Waals surface area contributed by atoms with Crippen LogP contribution < -0.4 is 0 Å². The Bertz CT molecular complexity index is 453. The van der Waals surface area contributed by atoms with E-state index in [9.17, 15) is 4.79 Å². The molecule has 1 saturated heterocycles. The molecule has 1 aromatic rings. The van der Waals surface area contributed by atoms with Crippen molar-refractivity contribution in [3.63, 3.8) is 0 Å². The number of aryl methyl sites for hydroxylation is 1. The lowest BCUT2D eigenvalue weighted by Gasteiger charge is -2.36. The lowest BCUT2D eigenvalue weighted by atomic mass is 9.89. The maximum absolute atomic E-state index is 10.8. The molecule has 1 aromatic heterocycles. The average molecular weight is 251 g/mol. The van der Waals surface area contributed by atoms with Gasteiger partial charge in [-0.05, 0) is 0 Å². The minimum atomic E-state index is -0.687. The minimum absolute atomic E-state index is 0.0215. The molecule has 1 fully saturated rings. The number of carbonyl (C=O) groups is 1. The highest BCUT2D eigenvalue weighted by atomic mass is 16.4. The van der Waals surface area contributed by atoms with E-state index in [0.29, 0.717) is 13.1 Å². The lowest BCUT2D eigenvalue weighted by molar-refractivity contribution is -0.147. The molecule has 0 radical (unpaired) electrons. The summed E-state index contributed by atoms with van der Waals surface area (Å²) in [5.74, 6) is -0.881. The van der Waals surface area contributed by atoms with E-state index in [1.165, 1.54) is 5.56 Å². The SMILES string of the molecule is Cn1cc(CN2CC(C(=O)O)C2)c(C(C)(C)C)n1. The molecular weight excluding hydrogens is 230 g/mol. The molecule has 0 spiro atoms. The maximum Gasteiger partial charge on any atom is 0.309 e. The van der Waals surface area contributed by atoms with Crippen molar-refractivity contribution in [1.82, 2.24) is 14.7 Å². The summed E-state index contributed by atoms with van der Waals surface area (Å²) in [5.41, 5.74) is 2.32. The van der Waals surface area contributed by atoms with Crippen LogP contribution in [0.2, 0.25) is 0 Å². The van der Waals surface area contributed by atoms with Gasteiger partial charge in [0.05, 0.1) is 11.6 Å². The van der Waals surface area contributed by atoms with E-state index < -0.39 is 5.97 Å². The summed E-state index contributed by atoms with van der Waals surface area (Å²) in [7, 11) is 1.93. The van der Waals surface area contributed by atoms with Gasteiger partial charge in [-0.25, -0.2) is 0 Å². The Morgan fingerprint density at radius 2 is 2.11 bits per heavy atom. The van der Waals surface area contributed by atoms with Crippen molar-refractivity contribution >= 4 is 5.97 Å². The Morgan fingerprint density at radius 1 is 1.50 bits per heavy atom. The van der Waals surface area contributed by atoms with Crippen LogP contribution in [0.5, 0.6) is 0 Å². The predicted octanol–water partition coefficient (Wildman–Crippen LogP) is 1.23. The van der Waals surface area contributed by atoms with Crippen molar-refractivity contribution in [1.29, 1.82) is 0 Å². The van der Waals surface area contributed by atoms with E-state index in [1.54, 1.807) is 0 Å². The minimum Gasteiger partial charge on any atom is -0.481 e. The van der Waals surface area contributed by atoms with Gasteiger partial charge in [-0.1, -0.05) is 20.8 Å². The molecule has 0 aliphatic carbocycles. The van der Waals surface area contributed by atoms with Crippen molar-refractivity contribution in [2.24, 2.45) is 13.0 Å². The monoisotopic (exact) mass is 251 g/mol. The fourth-order valence-corrected chi connectivity index (χ4v) is 2.38. The lowest BCUT2D eigenvalue weighted by Crippen LogP contribution is -2.49. The second-order valence-corrected chi connectivity index (χ2v) is 6.16. The number of likely N-dealkylation sites (tertiary alicyclic amines) is 1. The molecule has 5 heteroatoms. The second-order valence-electron chi connectivity index (χ2n) is 6.16. The fraction of sp³-hybridized carbons (Fsp3) is 0.692. The van der Waals surface area contributed by atoms with Crippen LogP contribution in [-0.2, 0) is 23.8 Å². The fourth-order valence-electron chi connectivity index (χ4n) is 2.38. The van der Waals surface area contributed by atoms with Crippen LogP contribution in [0.4, 0.5) is 0 Å². The Kier molecular flexibility index (Phi) is 3.19. The molecule has 1 N–H and O–H groups in total. The first-order valence-corrected chi connectivity index (χ1v) is 6.25. The van der Waals surface area contributed by atoms with Gasteiger partial charge in [-0.3, -0.25) is 14.4 Å². The Labute approximate surface area is 107 Å². The number of aromatic nitrogens is 2. The number of hydrogen-bond acceptors (Lipinski definition) is 3. The summed E-state index contributed by atoms with van der Waals surface area (Å²) in [6.45, 7) is 8.53. The van der Waals surface area contributed by atoms with Gasteiger partial charge in [0.15, 0.2) is 0 Å². The van der Waals surface area contributed by atoms with Gasteiger partial charge in [0.1, 0.15) is 0 Å². The molecule has 0 amide bonds. The zero-order valence-electron chi connectivity index (χ0n) is 11.5. The third-order valence-electron chi connectivity index (χ3n) is 3.32. The van der Waals surface area contributed by atoms with Crippen LogP contribution in [0.15, 0.2) is 6.20 Å². The van der Waals surface area contributed by atoms with E-state index in [1.807, 2.05) is 17.9 Å². The van der Waals surface area contributed by atoms with Crippen LogP contribution >= 0.6 is 0 Å². The van der Waals surface area contributed by atoms with Gasteiger partial charge in [-0.2, -0.15) is 5.10 Å². The number of rotatable bonds is 3. The van der Waals surface area contributed by atoms with Crippen LogP contribution in [0.3, 0.4) is 0 Å². The Hall–Kier alpha value is -1.36. The van der Waals surface area contributed by atoms with Gasteiger partial charge in [0.25, 0.3) is 0 Å². The van der Waals surface area contributed by atoms with Gasteiger partial charge < -0.3 is 5.11 Å². The molecule has 0 saturated carbocycles. The van der Waals surface area contributed by atoms with Gasteiger partial charge in [0.2, 0.25) is 0 Å². The zero-order chi connectivity index (χ0) is 13.5. The molecule has 2 rings (SSSR count). The summed E-state index contributed by atoms with van der Waals surface area (Å²) in [6, 6.07) is 0. The molecule has 1 aliphatic rings. The first-order valence-electron chi connectivity index (χ1n) is 6.25. The number of hydrogen-bond donors (Lipinski definition) is 1. The van der Waals surface area contributed by atoms with Crippen LogP contribution in [0.1, 0.15) is 32.0 Å². The van der Waals surface area contributed by atoms with Crippen LogP contribution in [0, 0.1) is 5.92 Å². The van der Waals surface area contributed by atoms with E-state index in [2.05, 4.69) is 30.8 Å². The molecule has 0 bridgehead atoms. The van der Waals surface area contributed by atoms with Crippen molar-refractivity contribution in [2.45, 2.75) is 32.7 Å². The van der Waals surface area contributed by atoms with Crippen molar-refractivity contribution in [3.8, 4) is 0 Å². The maximum atomic E-state index is 10.8. The topological polar surface area (TPSA) is 58.4 Å². The first kappa shape index (κ1) is 13.1. The van der Waals surface area contributed by atoms with Crippen molar-refractivity contribution < 1.29 is 9.90 Å². The normalized spacial score (nSPS) is 17.8. The molecule has 0 unspecified atom stereocenters. The van der Waals surface area contributed by atoms with Crippen LogP contribution in [-0.4, -0.2) is 38.8 Å². The van der Waals surface area contributed by atoms with E-state index in [0.717, 1.165) is 12.2 Å². The Morgan fingerprint density at radius 3 is 2.61 bits per heavy atom. The van der Waals surface area contributed by atoms with Gasteiger partial charge in [0, 0.05) is 43.9 Å². The largest absolute Gasteiger partial charge is 0.481 e. The molecule has 100 valence electrons. The van der Waals surface area contributed by atoms with E-state index in [4.69, 9.17) is 5.11 Å². The molecule has 0 aromatic carbocycles. The first-order chi connectivity index (χ1) is 8.27. The standard InChI is InChI=1S/C13H21N3O2/c1-13(2,3)11-9(5-15(4)14-11)6-16-7-10(8-16)12(17)18/h5,10H,6-8H2,1-4H3,(H,17,18). The number of carboxylic acid groups (broad SMARTS) is 1. The zero-order valence-corrected chi connectivity index (χ0v) is 11.5. The highest BCUT2D eigenvalue weighted by Crippen LogP contribution is 2.27. The summed E-state index contributed by atoms with van der Waals surface area (Å²) in [5, 5.41) is 13.4. The van der Waals surface area contributed by atoms with Gasteiger partial charge >= 0.3 is 5.97 Å². The Balaban J connectivity index is 2.05. The summed E-state index contributed by atoms with van der Waals surface area (Å²) in [6.07, 6.45) is 2.04. The molecule has 2 heterocycles. The van der Waals surface area contributed by atoms with Crippen molar-refractivity contribution in [3.05, 3.63) is 17.5 Å². The molecule has 18 heavy (non-hydrogen) atoms. The van der Waals surface area contributed by atoms with Gasteiger partial charge in [-0.15, -0.1) is 0 Å². The summed E-state index contributed by atoms with van der Waals surface area (Å²) in [4.78, 5) is 12.9. The smallest absolute Gasteiger partial charge is 0.309 e. The highest BCUT2D eigenvalue weighted by molar-refractivity contribution is 5.71. The van der Waals surface area contributed by atoms with Crippen molar-refractivity contribution in [2.75, 3.05) is 13.1 Å². The third-order valence-corrected chi connectivity index (χ3v) is 3.32. The second kappa shape index (κ2) is 4.39. The van der Waals surface area contributed by atoms with E-state index in [-0.39, 0.29) is 11.3 Å². The predicted molar refractivity (Wildman–Crippen MR) is 68.3 cm³/mol. The highest BCUT2D eigenvalue weighted by Gasteiger charge is 2.33. The summed E-state index contributed by atoms with van der Waals surface area (Å²) >= 11 is 0.